The SMILES string of the molecule is C=C.CN1CCN(c2ccccc2Br)CC1. The number of likely N-dealkylation sites (N-methyl/N-ethyl adjacent to an activating group) is 1. The molecule has 0 atom stereocenters. The second-order valence-electron chi connectivity index (χ2n) is 3.74. The molecule has 1 aromatic carbocycles. The second kappa shape index (κ2) is 6.71. The highest BCUT2D eigenvalue weighted by Crippen LogP contribution is 2.26. The summed E-state index contributed by atoms with van der Waals surface area (Å²) in [6, 6.07) is 8.44. The number of halogens is 1. The fraction of sp³-hybridized carbons (Fsp3) is 0.385. The largest absolute Gasteiger partial charge is 0.368 e. The summed E-state index contributed by atoms with van der Waals surface area (Å²) in [6.07, 6.45) is 0. The lowest BCUT2D eigenvalue weighted by Crippen LogP contribution is -2.44. The van der Waals surface area contributed by atoms with Gasteiger partial charge in [-0.05, 0) is 35.1 Å². The van der Waals surface area contributed by atoms with Crippen molar-refractivity contribution in [2.24, 2.45) is 0 Å². The maximum Gasteiger partial charge on any atom is 0.0511 e. The molecule has 0 aromatic heterocycles. The molecule has 16 heavy (non-hydrogen) atoms. The number of benzene rings is 1. The van der Waals surface area contributed by atoms with Crippen LogP contribution in [0.5, 0.6) is 0 Å². The highest BCUT2D eigenvalue weighted by atomic mass is 79.9. The number of hydrogen-bond acceptors (Lipinski definition) is 2. The summed E-state index contributed by atoms with van der Waals surface area (Å²) in [5.74, 6) is 0. The Morgan fingerprint density at radius 1 is 1.06 bits per heavy atom. The van der Waals surface area contributed by atoms with Gasteiger partial charge in [-0.25, -0.2) is 0 Å². The van der Waals surface area contributed by atoms with Gasteiger partial charge in [0.2, 0.25) is 0 Å². The zero-order valence-corrected chi connectivity index (χ0v) is 11.4. The molecule has 0 amide bonds. The van der Waals surface area contributed by atoms with Crippen molar-refractivity contribution < 1.29 is 0 Å². The Labute approximate surface area is 107 Å². The number of nitrogens with zero attached hydrogens (tertiary/aromatic N) is 2. The first kappa shape index (κ1) is 13.3. The van der Waals surface area contributed by atoms with Crippen LogP contribution in [0.4, 0.5) is 5.69 Å². The monoisotopic (exact) mass is 282 g/mol. The lowest BCUT2D eigenvalue weighted by atomic mass is 10.2. The molecule has 0 radical (unpaired) electrons. The van der Waals surface area contributed by atoms with Crippen LogP contribution < -0.4 is 4.90 Å². The Hall–Kier alpha value is -0.800. The first-order valence-electron chi connectivity index (χ1n) is 5.45. The molecular weight excluding hydrogens is 264 g/mol. The predicted molar refractivity (Wildman–Crippen MR) is 75.1 cm³/mol. The van der Waals surface area contributed by atoms with Gasteiger partial charge in [0.05, 0.1) is 5.69 Å². The molecular formula is C13H19BrN2. The summed E-state index contributed by atoms with van der Waals surface area (Å²) in [4.78, 5) is 4.80. The third-order valence-corrected chi connectivity index (χ3v) is 3.37. The molecule has 0 saturated carbocycles. The van der Waals surface area contributed by atoms with Gasteiger partial charge in [0.25, 0.3) is 0 Å². The second-order valence-corrected chi connectivity index (χ2v) is 4.60. The fourth-order valence-corrected chi connectivity index (χ4v) is 2.29. The van der Waals surface area contributed by atoms with Crippen molar-refractivity contribution in [2.45, 2.75) is 0 Å². The van der Waals surface area contributed by atoms with Crippen molar-refractivity contribution in [1.29, 1.82) is 0 Å². The van der Waals surface area contributed by atoms with E-state index in [2.05, 4.69) is 70.2 Å². The van der Waals surface area contributed by atoms with E-state index < -0.39 is 0 Å². The van der Waals surface area contributed by atoms with E-state index in [1.165, 1.54) is 10.2 Å². The third kappa shape index (κ3) is 3.35. The number of hydrogen-bond donors (Lipinski definition) is 0. The highest BCUT2D eigenvalue weighted by molar-refractivity contribution is 9.10. The summed E-state index contributed by atoms with van der Waals surface area (Å²) in [5, 5.41) is 0. The Kier molecular flexibility index (Phi) is 5.56. The van der Waals surface area contributed by atoms with Crippen molar-refractivity contribution in [1.82, 2.24) is 4.90 Å². The standard InChI is InChI=1S/C11H15BrN2.C2H4/c1-13-6-8-14(9-7-13)11-5-3-2-4-10(11)12;1-2/h2-5H,6-9H2,1H3;1-2H2. The average molecular weight is 283 g/mol. The summed E-state index contributed by atoms with van der Waals surface area (Å²) in [6.45, 7) is 10.6. The van der Waals surface area contributed by atoms with Crippen molar-refractivity contribution in [3.8, 4) is 0 Å². The minimum atomic E-state index is 1.12. The number of para-hydroxylation sites is 1. The minimum absolute atomic E-state index is 1.12. The maximum atomic E-state index is 3.59. The van der Waals surface area contributed by atoms with Crippen LogP contribution in [0, 0.1) is 0 Å². The van der Waals surface area contributed by atoms with E-state index in [0.29, 0.717) is 0 Å². The first-order valence-corrected chi connectivity index (χ1v) is 6.25. The van der Waals surface area contributed by atoms with Gasteiger partial charge >= 0.3 is 0 Å². The van der Waals surface area contributed by atoms with E-state index in [4.69, 9.17) is 0 Å². The molecule has 1 aliphatic heterocycles. The third-order valence-electron chi connectivity index (χ3n) is 2.70. The molecule has 88 valence electrons. The van der Waals surface area contributed by atoms with E-state index in [9.17, 15) is 0 Å². The molecule has 0 bridgehead atoms. The Bertz CT molecular complexity index is 319. The van der Waals surface area contributed by atoms with Crippen LogP contribution in [0.25, 0.3) is 0 Å². The number of rotatable bonds is 1. The zero-order valence-electron chi connectivity index (χ0n) is 9.82. The van der Waals surface area contributed by atoms with E-state index in [0.717, 1.165) is 26.2 Å². The summed E-state index contributed by atoms with van der Waals surface area (Å²) in [7, 11) is 2.18. The zero-order chi connectivity index (χ0) is 12.0. The molecule has 0 N–H and O–H groups in total. The minimum Gasteiger partial charge on any atom is -0.368 e. The molecule has 1 fully saturated rings. The molecule has 3 heteroatoms. The Morgan fingerprint density at radius 2 is 1.62 bits per heavy atom. The lowest BCUT2D eigenvalue weighted by Gasteiger charge is -2.34. The lowest BCUT2D eigenvalue weighted by molar-refractivity contribution is 0.312. The molecule has 1 saturated heterocycles. The molecule has 2 nitrogen and oxygen atoms in total. The van der Waals surface area contributed by atoms with Gasteiger partial charge in [-0.2, -0.15) is 0 Å². The number of piperazine rings is 1. The number of anilines is 1. The molecule has 0 unspecified atom stereocenters. The maximum absolute atomic E-state index is 3.59. The molecule has 2 rings (SSSR count). The van der Waals surface area contributed by atoms with Crippen LogP contribution in [0.1, 0.15) is 0 Å². The molecule has 1 heterocycles. The van der Waals surface area contributed by atoms with Gasteiger partial charge in [-0.1, -0.05) is 12.1 Å². The Balaban J connectivity index is 0.000000606. The predicted octanol–water partition coefficient (Wildman–Crippen LogP) is 3.00. The fourth-order valence-electron chi connectivity index (χ4n) is 1.76. The van der Waals surface area contributed by atoms with Crippen molar-refractivity contribution in [3.05, 3.63) is 41.9 Å². The van der Waals surface area contributed by atoms with Crippen molar-refractivity contribution in [2.75, 3.05) is 38.1 Å². The van der Waals surface area contributed by atoms with Crippen LogP contribution in [0.3, 0.4) is 0 Å². The summed E-state index contributed by atoms with van der Waals surface area (Å²) >= 11 is 3.59. The molecule has 0 spiro atoms. The topological polar surface area (TPSA) is 6.48 Å². The van der Waals surface area contributed by atoms with Crippen LogP contribution in [-0.2, 0) is 0 Å². The molecule has 0 aliphatic carbocycles. The van der Waals surface area contributed by atoms with Crippen molar-refractivity contribution >= 4 is 21.6 Å². The smallest absolute Gasteiger partial charge is 0.0511 e. The molecule has 1 aliphatic rings. The van der Waals surface area contributed by atoms with E-state index in [1.807, 2.05) is 0 Å². The summed E-state index contributed by atoms with van der Waals surface area (Å²) in [5.41, 5.74) is 1.32. The van der Waals surface area contributed by atoms with E-state index in [1.54, 1.807) is 0 Å². The van der Waals surface area contributed by atoms with Gasteiger partial charge in [0.1, 0.15) is 0 Å². The first-order chi connectivity index (χ1) is 7.77. The van der Waals surface area contributed by atoms with E-state index in [-0.39, 0.29) is 0 Å². The van der Waals surface area contributed by atoms with Crippen LogP contribution in [0.15, 0.2) is 41.9 Å². The summed E-state index contributed by atoms with van der Waals surface area (Å²) < 4.78 is 1.20. The normalized spacial score (nSPS) is 16.5. The highest BCUT2D eigenvalue weighted by Gasteiger charge is 2.15. The van der Waals surface area contributed by atoms with Gasteiger partial charge in [-0.3, -0.25) is 0 Å². The van der Waals surface area contributed by atoms with Crippen molar-refractivity contribution in [3.63, 3.8) is 0 Å². The van der Waals surface area contributed by atoms with Gasteiger partial charge in [0, 0.05) is 30.7 Å². The van der Waals surface area contributed by atoms with Gasteiger partial charge < -0.3 is 9.80 Å². The van der Waals surface area contributed by atoms with Crippen LogP contribution in [-0.4, -0.2) is 38.1 Å². The Morgan fingerprint density at radius 3 is 2.19 bits per heavy atom. The van der Waals surface area contributed by atoms with E-state index >= 15 is 0 Å². The quantitative estimate of drug-likeness (QED) is 0.731. The van der Waals surface area contributed by atoms with Crippen LogP contribution >= 0.6 is 15.9 Å². The molecule has 1 aromatic rings. The van der Waals surface area contributed by atoms with Crippen LogP contribution in [0.2, 0.25) is 0 Å². The van der Waals surface area contributed by atoms with Gasteiger partial charge in [0.15, 0.2) is 0 Å². The average Bonchev–Trinajstić information content (AvgIpc) is 2.34. The van der Waals surface area contributed by atoms with Gasteiger partial charge in [-0.15, -0.1) is 13.2 Å².